The topological polar surface area (TPSA) is 73.9 Å². The van der Waals surface area contributed by atoms with Crippen molar-refractivity contribution < 1.29 is 28.2 Å². The largest absolute Gasteiger partial charge is 0.497 e. The van der Waals surface area contributed by atoms with Crippen LogP contribution >= 0.6 is 0 Å². The van der Waals surface area contributed by atoms with Crippen molar-refractivity contribution in [1.29, 1.82) is 0 Å². The zero-order valence-electron chi connectivity index (χ0n) is 11.2. The maximum atomic E-state index is 13.6. The van der Waals surface area contributed by atoms with Crippen LogP contribution in [0.4, 0.5) is 10.1 Å². The molecule has 0 bridgehead atoms. The molecule has 1 rings (SSSR count). The normalized spacial score (nSPS) is 10.7. The number of esters is 2. The number of carbonyl (C=O) groups is 2. The monoisotopic (exact) mass is 283 g/mol. The molecule has 0 saturated heterocycles. The van der Waals surface area contributed by atoms with E-state index in [0.717, 1.165) is 26.4 Å². The predicted octanol–water partition coefficient (Wildman–Crippen LogP) is 1.48. The average Bonchev–Trinajstić information content (AvgIpc) is 2.47. The minimum absolute atomic E-state index is 0.0371. The molecule has 0 spiro atoms. The summed E-state index contributed by atoms with van der Waals surface area (Å²) < 4.78 is 27.5. The van der Waals surface area contributed by atoms with E-state index in [4.69, 9.17) is 4.74 Å². The molecular formula is C13H14FNO5. The minimum Gasteiger partial charge on any atom is -0.497 e. The third kappa shape index (κ3) is 3.98. The Morgan fingerprint density at radius 3 is 2.45 bits per heavy atom. The Bertz CT molecular complexity index is 542. The van der Waals surface area contributed by atoms with Gasteiger partial charge in [0.1, 0.15) is 17.3 Å². The van der Waals surface area contributed by atoms with Crippen LogP contribution in [0.15, 0.2) is 30.0 Å². The van der Waals surface area contributed by atoms with Crippen LogP contribution in [0.1, 0.15) is 0 Å². The number of hydrogen-bond acceptors (Lipinski definition) is 6. The van der Waals surface area contributed by atoms with Gasteiger partial charge in [-0.15, -0.1) is 0 Å². The molecule has 0 aliphatic rings. The Hall–Kier alpha value is -2.57. The molecule has 0 atom stereocenters. The van der Waals surface area contributed by atoms with E-state index in [-0.39, 0.29) is 11.4 Å². The second-order valence-electron chi connectivity index (χ2n) is 3.54. The van der Waals surface area contributed by atoms with Crippen molar-refractivity contribution in [3.63, 3.8) is 0 Å². The fourth-order valence-corrected chi connectivity index (χ4v) is 1.31. The fourth-order valence-electron chi connectivity index (χ4n) is 1.31. The van der Waals surface area contributed by atoms with Gasteiger partial charge in [0.25, 0.3) is 0 Å². The van der Waals surface area contributed by atoms with Crippen LogP contribution < -0.4 is 10.1 Å². The van der Waals surface area contributed by atoms with Crippen LogP contribution in [0.25, 0.3) is 0 Å². The van der Waals surface area contributed by atoms with Crippen LogP contribution in [0.3, 0.4) is 0 Å². The number of benzene rings is 1. The van der Waals surface area contributed by atoms with E-state index in [1.807, 2.05) is 0 Å². The molecule has 0 heterocycles. The van der Waals surface area contributed by atoms with Gasteiger partial charge in [0, 0.05) is 6.07 Å². The van der Waals surface area contributed by atoms with E-state index in [1.165, 1.54) is 19.2 Å². The second-order valence-corrected chi connectivity index (χ2v) is 3.54. The van der Waals surface area contributed by atoms with Crippen molar-refractivity contribution in [1.82, 2.24) is 0 Å². The number of carbonyl (C=O) groups excluding carboxylic acids is 2. The zero-order chi connectivity index (χ0) is 15.1. The van der Waals surface area contributed by atoms with Gasteiger partial charge in [-0.3, -0.25) is 0 Å². The SMILES string of the molecule is COC(=O)/C=C(/Nc1cc(OC)ccc1F)C(=O)OC. The number of halogens is 1. The van der Waals surface area contributed by atoms with E-state index in [0.29, 0.717) is 5.75 Å². The summed E-state index contributed by atoms with van der Waals surface area (Å²) in [7, 11) is 3.71. The molecule has 0 saturated carbocycles. The predicted molar refractivity (Wildman–Crippen MR) is 68.7 cm³/mol. The maximum absolute atomic E-state index is 13.6. The molecule has 20 heavy (non-hydrogen) atoms. The van der Waals surface area contributed by atoms with Crippen molar-refractivity contribution in [3.05, 3.63) is 35.8 Å². The molecule has 1 aromatic carbocycles. The summed E-state index contributed by atoms with van der Waals surface area (Å²) >= 11 is 0. The van der Waals surface area contributed by atoms with Gasteiger partial charge in [0.15, 0.2) is 0 Å². The maximum Gasteiger partial charge on any atom is 0.354 e. The highest BCUT2D eigenvalue weighted by Crippen LogP contribution is 2.22. The summed E-state index contributed by atoms with van der Waals surface area (Å²) in [4.78, 5) is 22.7. The molecular weight excluding hydrogens is 269 g/mol. The summed E-state index contributed by atoms with van der Waals surface area (Å²) in [5.74, 6) is -1.85. The van der Waals surface area contributed by atoms with Gasteiger partial charge in [-0.25, -0.2) is 14.0 Å². The number of methoxy groups -OCH3 is 3. The lowest BCUT2D eigenvalue weighted by atomic mass is 10.2. The molecule has 0 aliphatic heterocycles. The molecule has 0 unspecified atom stereocenters. The number of anilines is 1. The molecule has 0 amide bonds. The van der Waals surface area contributed by atoms with E-state index in [1.54, 1.807) is 0 Å². The average molecular weight is 283 g/mol. The standard InChI is InChI=1S/C13H14FNO5/c1-18-8-4-5-9(14)10(6-8)15-11(13(17)20-3)7-12(16)19-2/h4-7,15H,1-3H3/b11-7+. The minimum atomic E-state index is -0.836. The molecule has 6 nitrogen and oxygen atoms in total. The Morgan fingerprint density at radius 1 is 1.20 bits per heavy atom. The van der Waals surface area contributed by atoms with E-state index >= 15 is 0 Å². The molecule has 0 aliphatic carbocycles. The third-order valence-electron chi connectivity index (χ3n) is 2.31. The summed E-state index contributed by atoms with van der Waals surface area (Å²) in [5, 5.41) is 2.47. The quantitative estimate of drug-likeness (QED) is 0.651. The fraction of sp³-hybridized carbons (Fsp3) is 0.231. The Kier molecular flexibility index (Phi) is 5.52. The molecule has 1 N–H and O–H groups in total. The first-order valence-corrected chi connectivity index (χ1v) is 5.50. The van der Waals surface area contributed by atoms with Gasteiger partial charge in [-0.1, -0.05) is 0 Å². The molecule has 0 radical (unpaired) electrons. The third-order valence-corrected chi connectivity index (χ3v) is 2.31. The van der Waals surface area contributed by atoms with Crippen molar-refractivity contribution >= 4 is 17.6 Å². The van der Waals surface area contributed by atoms with Crippen LogP contribution in [0, 0.1) is 5.82 Å². The lowest BCUT2D eigenvalue weighted by Crippen LogP contribution is -2.16. The zero-order valence-corrected chi connectivity index (χ0v) is 11.2. The molecule has 0 fully saturated rings. The van der Waals surface area contributed by atoms with Crippen LogP contribution in [-0.2, 0) is 19.1 Å². The first kappa shape index (κ1) is 15.5. The van der Waals surface area contributed by atoms with Crippen LogP contribution in [0.5, 0.6) is 5.75 Å². The number of ether oxygens (including phenoxy) is 3. The smallest absolute Gasteiger partial charge is 0.354 e. The van der Waals surface area contributed by atoms with Crippen molar-refractivity contribution in [2.45, 2.75) is 0 Å². The number of nitrogens with one attached hydrogen (secondary N) is 1. The van der Waals surface area contributed by atoms with Crippen LogP contribution in [-0.4, -0.2) is 33.3 Å². The Balaban J connectivity index is 3.09. The van der Waals surface area contributed by atoms with E-state index in [9.17, 15) is 14.0 Å². The highest BCUT2D eigenvalue weighted by atomic mass is 19.1. The summed E-state index contributed by atoms with van der Waals surface area (Å²) in [5.41, 5.74) is -0.295. The first-order chi connectivity index (χ1) is 9.51. The van der Waals surface area contributed by atoms with Crippen molar-refractivity contribution in [2.24, 2.45) is 0 Å². The van der Waals surface area contributed by atoms with Gasteiger partial charge in [-0.2, -0.15) is 0 Å². The summed E-state index contributed by atoms with van der Waals surface area (Å²) in [6.45, 7) is 0. The Morgan fingerprint density at radius 2 is 1.90 bits per heavy atom. The van der Waals surface area contributed by atoms with E-state index < -0.39 is 17.8 Å². The lowest BCUT2D eigenvalue weighted by molar-refractivity contribution is -0.138. The van der Waals surface area contributed by atoms with Gasteiger partial charge in [-0.05, 0) is 12.1 Å². The van der Waals surface area contributed by atoms with Gasteiger partial charge >= 0.3 is 11.9 Å². The van der Waals surface area contributed by atoms with E-state index in [2.05, 4.69) is 14.8 Å². The first-order valence-electron chi connectivity index (χ1n) is 5.50. The van der Waals surface area contributed by atoms with Gasteiger partial charge in [0.2, 0.25) is 0 Å². The van der Waals surface area contributed by atoms with Gasteiger partial charge < -0.3 is 19.5 Å². The van der Waals surface area contributed by atoms with Crippen LogP contribution in [0.2, 0.25) is 0 Å². The van der Waals surface area contributed by atoms with Crippen molar-refractivity contribution in [2.75, 3.05) is 26.6 Å². The molecule has 108 valence electrons. The lowest BCUT2D eigenvalue weighted by Gasteiger charge is -2.11. The molecule has 7 heteroatoms. The Labute approximate surface area is 115 Å². The summed E-state index contributed by atoms with van der Waals surface area (Å²) in [6, 6.07) is 3.92. The second kappa shape index (κ2) is 7.13. The highest BCUT2D eigenvalue weighted by molar-refractivity contribution is 5.98. The molecule has 1 aromatic rings. The van der Waals surface area contributed by atoms with Gasteiger partial charge in [0.05, 0.1) is 33.1 Å². The summed E-state index contributed by atoms with van der Waals surface area (Å²) in [6.07, 6.45) is 0.866. The number of hydrogen-bond donors (Lipinski definition) is 1. The highest BCUT2D eigenvalue weighted by Gasteiger charge is 2.15. The number of rotatable bonds is 5. The molecule has 0 aromatic heterocycles. The van der Waals surface area contributed by atoms with Crippen molar-refractivity contribution in [3.8, 4) is 5.75 Å².